The van der Waals surface area contributed by atoms with Crippen LogP contribution in [0.25, 0.3) is 5.69 Å². The molecule has 5 rings (SSSR count). The SMILES string of the molecule is CN1/C(=C/C2C(O)C(c3c(C(F)(F)F)[nH]n(-c4ccccc4)c3=O)C2O)C(C)(C)c2ccccc21. The molecule has 3 aromatic rings. The van der Waals surface area contributed by atoms with Crippen molar-refractivity contribution in [3.05, 3.63) is 93.5 Å². The van der Waals surface area contributed by atoms with Crippen molar-refractivity contribution in [2.75, 3.05) is 11.9 Å². The Kier molecular flexibility index (Phi) is 5.26. The van der Waals surface area contributed by atoms with Crippen LogP contribution in [0.1, 0.15) is 36.6 Å². The fourth-order valence-electron chi connectivity index (χ4n) is 5.49. The zero-order valence-corrected chi connectivity index (χ0v) is 19.4. The summed E-state index contributed by atoms with van der Waals surface area (Å²) in [6, 6.07) is 15.7. The number of nitrogens with zero attached hydrogens (tertiary/aromatic N) is 2. The largest absolute Gasteiger partial charge is 0.433 e. The zero-order chi connectivity index (χ0) is 25.3. The molecule has 2 atom stereocenters. The van der Waals surface area contributed by atoms with Gasteiger partial charge < -0.3 is 15.1 Å². The normalized spacial score (nSPS) is 26.6. The number of anilines is 1. The van der Waals surface area contributed by atoms with Crippen LogP contribution in [-0.2, 0) is 11.6 Å². The molecule has 2 heterocycles. The van der Waals surface area contributed by atoms with Crippen LogP contribution in [-0.4, -0.2) is 39.2 Å². The third-order valence-electron chi connectivity index (χ3n) is 7.37. The molecule has 184 valence electrons. The van der Waals surface area contributed by atoms with Crippen LogP contribution in [0.15, 0.2) is 71.2 Å². The van der Waals surface area contributed by atoms with E-state index in [1.807, 2.05) is 50.1 Å². The molecule has 1 aromatic heterocycles. The second kappa shape index (κ2) is 7.86. The van der Waals surface area contributed by atoms with Crippen LogP contribution < -0.4 is 10.5 Å². The number of likely N-dealkylation sites (N-methyl/N-ethyl adjacent to an activating group) is 1. The van der Waals surface area contributed by atoms with Crippen molar-refractivity contribution >= 4 is 5.69 Å². The van der Waals surface area contributed by atoms with Crippen molar-refractivity contribution in [2.24, 2.45) is 5.92 Å². The minimum absolute atomic E-state index is 0.225. The number of halogens is 3. The van der Waals surface area contributed by atoms with Gasteiger partial charge in [0.1, 0.15) is 5.69 Å². The molecule has 0 spiro atoms. The van der Waals surface area contributed by atoms with Crippen molar-refractivity contribution in [1.82, 2.24) is 9.78 Å². The van der Waals surface area contributed by atoms with Crippen LogP contribution in [0.3, 0.4) is 0 Å². The maximum absolute atomic E-state index is 13.9. The number of aliphatic hydroxyl groups excluding tert-OH is 2. The molecule has 3 N–H and O–H groups in total. The van der Waals surface area contributed by atoms with Crippen LogP contribution in [0.5, 0.6) is 0 Å². The summed E-state index contributed by atoms with van der Waals surface area (Å²) in [4.78, 5) is 15.1. The molecule has 2 unspecified atom stereocenters. The quantitative estimate of drug-likeness (QED) is 0.525. The number of H-pyrrole nitrogens is 1. The summed E-state index contributed by atoms with van der Waals surface area (Å²) in [6.45, 7) is 4.03. The monoisotopic (exact) mass is 485 g/mol. The Labute approximate surface area is 199 Å². The number of alkyl halides is 3. The lowest BCUT2D eigenvalue weighted by molar-refractivity contribution is -0.145. The summed E-state index contributed by atoms with van der Waals surface area (Å²) in [5.41, 5.74) is -0.173. The highest BCUT2D eigenvalue weighted by Crippen LogP contribution is 2.51. The standard InChI is InChI=1S/C26H26F3N3O3/c1-25(2)16-11-7-8-12-17(16)31(3)18(25)13-15-21(33)19(22(15)34)20-23(26(27,28)29)30-32(24(20)35)14-9-5-4-6-10-14/h4-13,15,19,21-22,30,33-34H,1-3H3/b18-13+. The Hall–Kier alpha value is -3.30. The molecular formula is C26H26F3N3O3. The molecule has 1 fully saturated rings. The van der Waals surface area contributed by atoms with Gasteiger partial charge in [0.25, 0.3) is 5.56 Å². The fourth-order valence-corrected chi connectivity index (χ4v) is 5.49. The Morgan fingerprint density at radius 2 is 1.60 bits per heavy atom. The number of allylic oxidation sites excluding steroid dienone is 1. The van der Waals surface area contributed by atoms with Gasteiger partial charge in [-0.2, -0.15) is 13.2 Å². The van der Waals surface area contributed by atoms with E-state index in [9.17, 15) is 28.2 Å². The van der Waals surface area contributed by atoms with Crippen LogP contribution in [0, 0.1) is 5.92 Å². The molecule has 0 saturated heterocycles. The molecule has 0 radical (unpaired) electrons. The van der Waals surface area contributed by atoms with Gasteiger partial charge in [-0.05, 0) is 23.8 Å². The smallest absolute Gasteiger partial charge is 0.392 e. The van der Waals surface area contributed by atoms with Crippen molar-refractivity contribution in [2.45, 2.75) is 43.6 Å². The maximum atomic E-state index is 13.9. The summed E-state index contributed by atoms with van der Waals surface area (Å²) in [5, 5.41) is 24.1. The lowest BCUT2D eigenvalue weighted by Gasteiger charge is -2.45. The Morgan fingerprint density at radius 1 is 1.00 bits per heavy atom. The van der Waals surface area contributed by atoms with Crippen LogP contribution in [0.4, 0.5) is 18.9 Å². The Bertz CT molecular complexity index is 1350. The zero-order valence-electron chi connectivity index (χ0n) is 19.4. The molecule has 1 aliphatic heterocycles. The van der Waals surface area contributed by atoms with Gasteiger partial charge in [0, 0.05) is 35.7 Å². The number of aromatic amines is 1. The molecule has 6 nitrogen and oxygen atoms in total. The Balaban J connectivity index is 1.53. The van der Waals surface area contributed by atoms with E-state index >= 15 is 0 Å². The highest BCUT2D eigenvalue weighted by atomic mass is 19.4. The van der Waals surface area contributed by atoms with E-state index in [1.54, 1.807) is 24.3 Å². The minimum atomic E-state index is -4.87. The lowest BCUT2D eigenvalue weighted by atomic mass is 9.64. The number of nitrogens with one attached hydrogen (secondary N) is 1. The highest BCUT2D eigenvalue weighted by molar-refractivity contribution is 5.69. The van der Waals surface area contributed by atoms with Gasteiger partial charge in [-0.1, -0.05) is 56.3 Å². The summed E-state index contributed by atoms with van der Waals surface area (Å²) in [5.74, 6) is -2.20. The molecular weight excluding hydrogens is 459 g/mol. The van der Waals surface area contributed by atoms with E-state index in [0.29, 0.717) is 0 Å². The maximum Gasteiger partial charge on any atom is 0.433 e. The van der Waals surface area contributed by atoms with E-state index in [4.69, 9.17) is 0 Å². The van der Waals surface area contributed by atoms with Crippen LogP contribution >= 0.6 is 0 Å². The molecule has 0 bridgehead atoms. The first-order valence-corrected chi connectivity index (χ1v) is 11.3. The van der Waals surface area contributed by atoms with Gasteiger partial charge >= 0.3 is 6.18 Å². The topological polar surface area (TPSA) is 81.5 Å². The number of fused-ring (bicyclic) bond motifs is 1. The predicted molar refractivity (Wildman–Crippen MR) is 126 cm³/mol. The summed E-state index contributed by atoms with van der Waals surface area (Å²) < 4.78 is 42.5. The average molecular weight is 486 g/mol. The summed E-state index contributed by atoms with van der Waals surface area (Å²) in [7, 11) is 1.88. The number of aliphatic hydroxyl groups is 2. The second-order valence-electron chi connectivity index (χ2n) is 9.71. The highest BCUT2D eigenvalue weighted by Gasteiger charge is 2.55. The van der Waals surface area contributed by atoms with Gasteiger partial charge in [-0.15, -0.1) is 0 Å². The third-order valence-corrected chi connectivity index (χ3v) is 7.37. The molecule has 35 heavy (non-hydrogen) atoms. The predicted octanol–water partition coefficient (Wildman–Crippen LogP) is 3.93. The number of benzene rings is 2. The molecule has 2 aliphatic rings. The van der Waals surface area contributed by atoms with Gasteiger partial charge in [0.15, 0.2) is 0 Å². The molecule has 9 heteroatoms. The molecule has 0 amide bonds. The first-order valence-electron chi connectivity index (χ1n) is 11.3. The third kappa shape index (κ3) is 3.44. The lowest BCUT2D eigenvalue weighted by Crippen LogP contribution is -2.54. The van der Waals surface area contributed by atoms with Gasteiger partial charge in [0.2, 0.25) is 0 Å². The van der Waals surface area contributed by atoms with E-state index in [-0.39, 0.29) is 5.69 Å². The van der Waals surface area contributed by atoms with E-state index < -0.39 is 52.5 Å². The van der Waals surface area contributed by atoms with Gasteiger partial charge in [-0.25, -0.2) is 4.68 Å². The fraction of sp³-hybridized carbons (Fsp3) is 0.346. The van der Waals surface area contributed by atoms with Crippen LogP contribution in [0.2, 0.25) is 0 Å². The molecule has 2 aromatic carbocycles. The van der Waals surface area contributed by atoms with Crippen molar-refractivity contribution < 1.29 is 23.4 Å². The van der Waals surface area contributed by atoms with Crippen molar-refractivity contribution in [3.8, 4) is 5.69 Å². The number of aromatic nitrogens is 2. The first kappa shape index (κ1) is 23.4. The number of para-hydroxylation sites is 2. The number of rotatable bonds is 3. The molecule has 1 aliphatic carbocycles. The second-order valence-corrected chi connectivity index (χ2v) is 9.71. The van der Waals surface area contributed by atoms with Crippen molar-refractivity contribution in [3.63, 3.8) is 0 Å². The Morgan fingerprint density at radius 3 is 2.20 bits per heavy atom. The van der Waals surface area contributed by atoms with E-state index in [1.165, 1.54) is 12.1 Å². The summed E-state index contributed by atoms with van der Waals surface area (Å²) in [6.07, 6.45) is -5.87. The minimum Gasteiger partial charge on any atom is -0.392 e. The van der Waals surface area contributed by atoms with Gasteiger partial charge in [0.05, 0.1) is 23.5 Å². The van der Waals surface area contributed by atoms with Gasteiger partial charge in [-0.3, -0.25) is 9.89 Å². The first-order chi connectivity index (χ1) is 16.4. The molecule has 1 saturated carbocycles. The number of hydrogen-bond acceptors (Lipinski definition) is 4. The number of hydrogen-bond donors (Lipinski definition) is 3. The van der Waals surface area contributed by atoms with E-state index in [2.05, 4.69) is 5.10 Å². The van der Waals surface area contributed by atoms with Crippen molar-refractivity contribution in [1.29, 1.82) is 0 Å². The average Bonchev–Trinajstić information content (AvgIpc) is 3.25. The summed E-state index contributed by atoms with van der Waals surface area (Å²) >= 11 is 0. The van der Waals surface area contributed by atoms with E-state index in [0.717, 1.165) is 21.6 Å².